The first-order valence-corrected chi connectivity index (χ1v) is 6.88. The number of hydrogen-bond donors (Lipinski definition) is 0. The van der Waals surface area contributed by atoms with E-state index >= 15 is 0 Å². The summed E-state index contributed by atoms with van der Waals surface area (Å²) in [5.41, 5.74) is 1.98. The highest BCUT2D eigenvalue weighted by atomic mass is 32.2. The molecule has 1 aromatic carbocycles. The standard InChI is InChI=1S/C15H20OS/c1-11(2)9-15(16)13-5-7-14(8-6-13)17-10-12(3)4/h5-8,11H,3,9-10H2,1-2,4H3. The van der Waals surface area contributed by atoms with E-state index in [0.717, 1.165) is 16.9 Å². The fraction of sp³-hybridized carbons (Fsp3) is 0.400. The minimum absolute atomic E-state index is 0.233. The molecule has 2 heteroatoms. The molecule has 1 aromatic rings. The third kappa shape index (κ3) is 5.22. The van der Waals surface area contributed by atoms with Gasteiger partial charge in [0.15, 0.2) is 5.78 Å². The van der Waals surface area contributed by atoms with Crippen LogP contribution in [0.15, 0.2) is 41.3 Å². The summed E-state index contributed by atoms with van der Waals surface area (Å²) in [7, 11) is 0. The van der Waals surface area contributed by atoms with Crippen molar-refractivity contribution in [2.75, 3.05) is 5.75 Å². The van der Waals surface area contributed by atoms with Crippen LogP contribution >= 0.6 is 11.8 Å². The molecule has 0 aliphatic rings. The summed E-state index contributed by atoms with van der Waals surface area (Å²) >= 11 is 1.75. The summed E-state index contributed by atoms with van der Waals surface area (Å²) in [4.78, 5) is 13.0. The van der Waals surface area contributed by atoms with E-state index in [-0.39, 0.29) is 5.78 Å². The lowest BCUT2D eigenvalue weighted by atomic mass is 10.0. The van der Waals surface area contributed by atoms with Crippen LogP contribution in [0.25, 0.3) is 0 Å². The first kappa shape index (κ1) is 14.0. The summed E-state index contributed by atoms with van der Waals surface area (Å²) in [6.07, 6.45) is 0.623. The summed E-state index contributed by atoms with van der Waals surface area (Å²) in [6, 6.07) is 7.87. The Kier molecular flexibility index (Phi) is 5.49. The second kappa shape index (κ2) is 6.65. The summed E-state index contributed by atoms with van der Waals surface area (Å²) in [6.45, 7) is 10.0. The molecule has 0 bridgehead atoms. The van der Waals surface area contributed by atoms with Crippen molar-refractivity contribution < 1.29 is 4.79 Å². The van der Waals surface area contributed by atoms with E-state index in [0.29, 0.717) is 12.3 Å². The lowest BCUT2D eigenvalue weighted by molar-refractivity contribution is 0.0968. The van der Waals surface area contributed by atoms with Gasteiger partial charge in [0.25, 0.3) is 0 Å². The number of rotatable bonds is 6. The molecule has 0 heterocycles. The Morgan fingerprint density at radius 1 is 1.29 bits per heavy atom. The van der Waals surface area contributed by atoms with Crippen LogP contribution in [0.4, 0.5) is 0 Å². The summed E-state index contributed by atoms with van der Waals surface area (Å²) < 4.78 is 0. The van der Waals surface area contributed by atoms with Gasteiger partial charge in [0.05, 0.1) is 0 Å². The SMILES string of the molecule is C=C(C)CSc1ccc(C(=O)CC(C)C)cc1. The van der Waals surface area contributed by atoms with Crippen molar-refractivity contribution in [2.45, 2.75) is 32.1 Å². The van der Waals surface area contributed by atoms with Crippen molar-refractivity contribution in [3.05, 3.63) is 42.0 Å². The fourth-order valence-electron chi connectivity index (χ4n) is 1.43. The molecule has 0 saturated heterocycles. The van der Waals surface area contributed by atoms with Crippen LogP contribution in [0, 0.1) is 5.92 Å². The van der Waals surface area contributed by atoms with Crippen molar-refractivity contribution in [1.82, 2.24) is 0 Å². The van der Waals surface area contributed by atoms with E-state index in [9.17, 15) is 4.79 Å². The van der Waals surface area contributed by atoms with Gasteiger partial charge in [0.1, 0.15) is 0 Å². The molecule has 0 aliphatic heterocycles. The molecule has 0 aliphatic carbocycles. The second-order valence-electron chi connectivity index (χ2n) is 4.79. The normalized spacial score (nSPS) is 10.6. The number of benzene rings is 1. The van der Waals surface area contributed by atoms with Crippen LogP contribution in [0.5, 0.6) is 0 Å². The Morgan fingerprint density at radius 3 is 2.35 bits per heavy atom. The lowest BCUT2D eigenvalue weighted by Crippen LogP contribution is -2.03. The molecular weight excluding hydrogens is 228 g/mol. The summed E-state index contributed by atoms with van der Waals surface area (Å²) in [5, 5.41) is 0. The molecule has 0 aromatic heterocycles. The van der Waals surface area contributed by atoms with E-state index in [4.69, 9.17) is 0 Å². The maximum atomic E-state index is 11.8. The summed E-state index contributed by atoms with van der Waals surface area (Å²) in [5.74, 6) is 1.58. The third-order valence-electron chi connectivity index (χ3n) is 2.26. The van der Waals surface area contributed by atoms with E-state index in [1.165, 1.54) is 4.90 Å². The molecule has 1 rings (SSSR count). The van der Waals surface area contributed by atoms with Crippen molar-refractivity contribution in [2.24, 2.45) is 5.92 Å². The van der Waals surface area contributed by atoms with Crippen molar-refractivity contribution in [3.63, 3.8) is 0 Å². The van der Waals surface area contributed by atoms with Crippen LogP contribution in [-0.2, 0) is 0 Å². The lowest BCUT2D eigenvalue weighted by Gasteiger charge is -2.05. The molecule has 1 nitrogen and oxygen atoms in total. The number of thioether (sulfide) groups is 1. The second-order valence-corrected chi connectivity index (χ2v) is 5.84. The molecule has 0 atom stereocenters. The zero-order valence-electron chi connectivity index (χ0n) is 10.8. The molecule has 0 amide bonds. The fourth-order valence-corrected chi connectivity index (χ4v) is 2.17. The first-order valence-electron chi connectivity index (χ1n) is 5.89. The quantitative estimate of drug-likeness (QED) is 0.416. The predicted molar refractivity (Wildman–Crippen MR) is 75.8 cm³/mol. The maximum Gasteiger partial charge on any atom is 0.163 e. The van der Waals surface area contributed by atoms with Gasteiger partial charge >= 0.3 is 0 Å². The van der Waals surface area contributed by atoms with E-state index in [2.05, 4.69) is 20.4 Å². The molecule has 0 unspecified atom stereocenters. The van der Waals surface area contributed by atoms with Crippen LogP contribution < -0.4 is 0 Å². The Balaban J connectivity index is 2.61. The highest BCUT2D eigenvalue weighted by Gasteiger charge is 2.07. The van der Waals surface area contributed by atoms with Gasteiger partial charge in [-0.15, -0.1) is 11.8 Å². The smallest absolute Gasteiger partial charge is 0.163 e. The van der Waals surface area contributed by atoms with Gasteiger partial charge in [0, 0.05) is 22.6 Å². The van der Waals surface area contributed by atoms with Gasteiger partial charge in [-0.1, -0.05) is 38.1 Å². The number of hydrogen-bond acceptors (Lipinski definition) is 2. The average Bonchev–Trinajstić information content (AvgIpc) is 2.26. The highest BCUT2D eigenvalue weighted by Crippen LogP contribution is 2.21. The Labute approximate surface area is 108 Å². The number of carbonyl (C=O) groups excluding carboxylic acids is 1. The molecule has 0 fully saturated rings. The topological polar surface area (TPSA) is 17.1 Å². The molecule has 0 N–H and O–H groups in total. The monoisotopic (exact) mass is 248 g/mol. The van der Waals surface area contributed by atoms with Crippen LogP contribution in [0.3, 0.4) is 0 Å². The van der Waals surface area contributed by atoms with Crippen molar-refractivity contribution in [1.29, 1.82) is 0 Å². The van der Waals surface area contributed by atoms with Gasteiger partial charge in [-0.05, 0) is 25.0 Å². The molecule has 0 saturated carbocycles. The molecule has 17 heavy (non-hydrogen) atoms. The van der Waals surface area contributed by atoms with Crippen LogP contribution in [0.2, 0.25) is 0 Å². The zero-order valence-corrected chi connectivity index (χ0v) is 11.6. The van der Waals surface area contributed by atoms with Crippen LogP contribution in [0.1, 0.15) is 37.6 Å². The van der Waals surface area contributed by atoms with E-state index in [1.807, 2.05) is 31.2 Å². The van der Waals surface area contributed by atoms with Gasteiger partial charge in [-0.2, -0.15) is 0 Å². The van der Waals surface area contributed by atoms with Crippen molar-refractivity contribution >= 4 is 17.5 Å². The molecule has 0 radical (unpaired) electrons. The predicted octanol–water partition coefficient (Wildman–Crippen LogP) is 4.58. The molecular formula is C15H20OS. The minimum Gasteiger partial charge on any atom is -0.294 e. The van der Waals surface area contributed by atoms with Crippen LogP contribution in [-0.4, -0.2) is 11.5 Å². The number of Topliss-reactive ketones (excluding diaryl/α,β-unsaturated/α-hetero) is 1. The van der Waals surface area contributed by atoms with E-state index in [1.54, 1.807) is 11.8 Å². The van der Waals surface area contributed by atoms with Gasteiger partial charge in [-0.25, -0.2) is 0 Å². The van der Waals surface area contributed by atoms with Gasteiger partial charge in [0.2, 0.25) is 0 Å². The molecule has 0 spiro atoms. The zero-order chi connectivity index (χ0) is 12.8. The Bertz CT molecular complexity index is 390. The maximum absolute atomic E-state index is 11.8. The van der Waals surface area contributed by atoms with Gasteiger partial charge in [-0.3, -0.25) is 4.79 Å². The van der Waals surface area contributed by atoms with E-state index < -0.39 is 0 Å². The Morgan fingerprint density at radius 2 is 1.88 bits per heavy atom. The average molecular weight is 248 g/mol. The number of carbonyl (C=O) groups is 1. The number of ketones is 1. The Hall–Kier alpha value is -1.02. The highest BCUT2D eigenvalue weighted by molar-refractivity contribution is 7.99. The van der Waals surface area contributed by atoms with Crippen molar-refractivity contribution in [3.8, 4) is 0 Å². The van der Waals surface area contributed by atoms with Gasteiger partial charge < -0.3 is 0 Å². The third-order valence-corrected chi connectivity index (χ3v) is 3.50. The minimum atomic E-state index is 0.233. The first-order chi connectivity index (χ1) is 7.99. The molecule has 92 valence electrons. The largest absolute Gasteiger partial charge is 0.294 e.